The van der Waals surface area contributed by atoms with Gasteiger partial charge in [-0.1, -0.05) is 19.1 Å². The Hall–Kier alpha value is -1.26. The van der Waals surface area contributed by atoms with Crippen LogP contribution in [0, 0.1) is 5.82 Å². The van der Waals surface area contributed by atoms with E-state index in [1.54, 1.807) is 11.3 Å². The predicted molar refractivity (Wildman–Crippen MR) is 73.3 cm³/mol. The van der Waals surface area contributed by atoms with Crippen molar-refractivity contribution in [1.82, 2.24) is 10.3 Å². The van der Waals surface area contributed by atoms with Gasteiger partial charge in [0, 0.05) is 18.3 Å². The number of aromatic nitrogens is 1. The highest BCUT2D eigenvalue weighted by Gasteiger charge is 2.03. The first-order valence-corrected chi connectivity index (χ1v) is 7.04. The van der Waals surface area contributed by atoms with Crippen LogP contribution >= 0.6 is 11.3 Å². The molecular formula is C14H17FN2S. The fraction of sp³-hybridized carbons (Fsp3) is 0.357. The quantitative estimate of drug-likeness (QED) is 0.809. The molecule has 0 atom stereocenters. The highest BCUT2D eigenvalue weighted by molar-refractivity contribution is 7.09. The van der Waals surface area contributed by atoms with E-state index in [0.29, 0.717) is 0 Å². The number of halogens is 1. The second kappa shape index (κ2) is 6.61. The molecule has 1 heterocycles. The van der Waals surface area contributed by atoms with Crippen LogP contribution in [0.5, 0.6) is 0 Å². The molecule has 0 aliphatic heterocycles. The zero-order chi connectivity index (χ0) is 12.8. The van der Waals surface area contributed by atoms with Crippen LogP contribution in [-0.2, 0) is 13.0 Å². The zero-order valence-corrected chi connectivity index (χ0v) is 11.3. The monoisotopic (exact) mass is 264 g/mol. The van der Waals surface area contributed by atoms with Gasteiger partial charge in [-0.2, -0.15) is 0 Å². The Labute approximate surface area is 111 Å². The Morgan fingerprint density at radius 3 is 2.78 bits per heavy atom. The van der Waals surface area contributed by atoms with E-state index < -0.39 is 0 Å². The molecule has 0 aliphatic rings. The summed E-state index contributed by atoms with van der Waals surface area (Å²) in [5, 5.41) is 6.49. The van der Waals surface area contributed by atoms with Gasteiger partial charge >= 0.3 is 0 Å². The summed E-state index contributed by atoms with van der Waals surface area (Å²) < 4.78 is 12.8. The van der Waals surface area contributed by atoms with Gasteiger partial charge in [-0.25, -0.2) is 9.37 Å². The lowest BCUT2D eigenvalue weighted by molar-refractivity contribution is 0.627. The van der Waals surface area contributed by atoms with Crippen molar-refractivity contribution >= 4 is 11.3 Å². The van der Waals surface area contributed by atoms with E-state index in [1.165, 1.54) is 12.1 Å². The Morgan fingerprint density at radius 1 is 1.28 bits per heavy atom. The van der Waals surface area contributed by atoms with Crippen LogP contribution in [0.2, 0.25) is 0 Å². The fourth-order valence-corrected chi connectivity index (χ4v) is 2.51. The summed E-state index contributed by atoms with van der Waals surface area (Å²) in [5.74, 6) is -0.192. The standard InChI is InChI=1S/C14H17FN2S/c1-2-7-16-9-13-10-18-14(17-13)8-11-3-5-12(15)6-4-11/h3-6,10,16H,2,7-9H2,1H3. The zero-order valence-electron chi connectivity index (χ0n) is 10.4. The van der Waals surface area contributed by atoms with Crippen LogP contribution in [0.4, 0.5) is 4.39 Å². The van der Waals surface area contributed by atoms with Crippen molar-refractivity contribution in [1.29, 1.82) is 0 Å². The third-order valence-corrected chi connectivity index (χ3v) is 3.50. The predicted octanol–water partition coefficient (Wildman–Crippen LogP) is 3.37. The number of nitrogens with zero attached hydrogens (tertiary/aromatic N) is 1. The Kier molecular flexibility index (Phi) is 4.84. The molecule has 2 rings (SSSR count). The average molecular weight is 264 g/mol. The first-order chi connectivity index (χ1) is 8.78. The molecule has 18 heavy (non-hydrogen) atoms. The van der Waals surface area contributed by atoms with Crippen molar-refractivity contribution in [3.05, 3.63) is 51.7 Å². The normalized spacial score (nSPS) is 10.8. The molecule has 0 fully saturated rings. The van der Waals surface area contributed by atoms with Gasteiger partial charge in [-0.3, -0.25) is 0 Å². The van der Waals surface area contributed by atoms with Gasteiger partial charge in [0.25, 0.3) is 0 Å². The minimum Gasteiger partial charge on any atom is -0.311 e. The second-order valence-corrected chi connectivity index (χ2v) is 5.16. The molecular weight excluding hydrogens is 247 g/mol. The molecule has 96 valence electrons. The molecule has 0 amide bonds. The smallest absolute Gasteiger partial charge is 0.123 e. The molecule has 0 saturated heterocycles. The topological polar surface area (TPSA) is 24.9 Å². The van der Waals surface area contributed by atoms with Gasteiger partial charge in [0.15, 0.2) is 0 Å². The van der Waals surface area contributed by atoms with Crippen LogP contribution in [0.3, 0.4) is 0 Å². The Bertz CT molecular complexity index is 479. The molecule has 0 spiro atoms. The maximum absolute atomic E-state index is 12.8. The second-order valence-electron chi connectivity index (χ2n) is 4.21. The van der Waals surface area contributed by atoms with Crippen LogP contribution in [0.15, 0.2) is 29.6 Å². The van der Waals surface area contributed by atoms with Crippen LogP contribution in [-0.4, -0.2) is 11.5 Å². The van der Waals surface area contributed by atoms with Crippen molar-refractivity contribution in [3.8, 4) is 0 Å². The van der Waals surface area contributed by atoms with E-state index in [1.807, 2.05) is 12.1 Å². The van der Waals surface area contributed by atoms with Crippen molar-refractivity contribution in [2.24, 2.45) is 0 Å². The molecule has 2 nitrogen and oxygen atoms in total. The SMILES string of the molecule is CCCNCc1csc(Cc2ccc(F)cc2)n1. The molecule has 1 aromatic heterocycles. The average Bonchev–Trinajstić information content (AvgIpc) is 2.80. The first kappa shape index (κ1) is 13.2. The fourth-order valence-electron chi connectivity index (χ4n) is 1.68. The van der Waals surface area contributed by atoms with Gasteiger partial charge < -0.3 is 5.32 Å². The lowest BCUT2D eigenvalue weighted by Crippen LogP contribution is -2.13. The number of benzene rings is 1. The molecule has 1 N–H and O–H groups in total. The van der Waals surface area contributed by atoms with Crippen LogP contribution < -0.4 is 5.32 Å². The van der Waals surface area contributed by atoms with E-state index in [-0.39, 0.29) is 5.82 Å². The summed E-state index contributed by atoms with van der Waals surface area (Å²) in [6, 6.07) is 6.61. The van der Waals surface area contributed by atoms with Gasteiger partial charge in [0.1, 0.15) is 5.82 Å². The van der Waals surface area contributed by atoms with Crippen molar-refractivity contribution in [3.63, 3.8) is 0 Å². The van der Waals surface area contributed by atoms with Gasteiger partial charge in [0.2, 0.25) is 0 Å². The molecule has 2 aromatic rings. The minimum absolute atomic E-state index is 0.192. The lowest BCUT2D eigenvalue weighted by atomic mass is 10.1. The molecule has 0 aliphatic carbocycles. The largest absolute Gasteiger partial charge is 0.311 e. The Morgan fingerprint density at radius 2 is 2.06 bits per heavy atom. The summed E-state index contributed by atoms with van der Waals surface area (Å²) in [6.07, 6.45) is 1.91. The summed E-state index contributed by atoms with van der Waals surface area (Å²) in [7, 11) is 0. The molecule has 4 heteroatoms. The molecule has 0 radical (unpaired) electrons. The van der Waals surface area contributed by atoms with E-state index >= 15 is 0 Å². The Balaban J connectivity index is 1.91. The summed E-state index contributed by atoms with van der Waals surface area (Å²) in [4.78, 5) is 4.56. The van der Waals surface area contributed by atoms with Crippen LogP contribution in [0.1, 0.15) is 29.6 Å². The highest BCUT2D eigenvalue weighted by atomic mass is 32.1. The number of hydrogen-bond acceptors (Lipinski definition) is 3. The third-order valence-electron chi connectivity index (χ3n) is 2.60. The molecule has 0 unspecified atom stereocenters. The number of rotatable bonds is 6. The molecule has 1 aromatic carbocycles. The van der Waals surface area contributed by atoms with Crippen molar-refractivity contribution in [2.45, 2.75) is 26.3 Å². The van der Waals surface area contributed by atoms with E-state index in [0.717, 1.165) is 42.2 Å². The van der Waals surface area contributed by atoms with Gasteiger partial charge in [0.05, 0.1) is 10.7 Å². The summed E-state index contributed by atoms with van der Waals surface area (Å²) >= 11 is 1.66. The summed E-state index contributed by atoms with van der Waals surface area (Å²) in [6.45, 7) is 3.99. The minimum atomic E-state index is -0.192. The van der Waals surface area contributed by atoms with E-state index in [9.17, 15) is 4.39 Å². The lowest BCUT2D eigenvalue weighted by Gasteiger charge is -1.99. The van der Waals surface area contributed by atoms with Crippen molar-refractivity contribution in [2.75, 3.05) is 6.54 Å². The maximum Gasteiger partial charge on any atom is 0.123 e. The van der Waals surface area contributed by atoms with E-state index in [2.05, 4.69) is 22.6 Å². The van der Waals surface area contributed by atoms with Crippen molar-refractivity contribution < 1.29 is 4.39 Å². The van der Waals surface area contributed by atoms with Crippen LogP contribution in [0.25, 0.3) is 0 Å². The van der Waals surface area contributed by atoms with Gasteiger partial charge in [-0.15, -0.1) is 11.3 Å². The number of nitrogens with one attached hydrogen (secondary N) is 1. The molecule has 0 saturated carbocycles. The number of hydrogen-bond donors (Lipinski definition) is 1. The highest BCUT2D eigenvalue weighted by Crippen LogP contribution is 2.15. The maximum atomic E-state index is 12.8. The number of thiazole rings is 1. The molecule has 0 bridgehead atoms. The first-order valence-electron chi connectivity index (χ1n) is 6.16. The van der Waals surface area contributed by atoms with Gasteiger partial charge in [-0.05, 0) is 30.7 Å². The summed E-state index contributed by atoms with van der Waals surface area (Å²) in [5.41, 5.74) is 2.18. The third kappa shape index (κ3) is 3.89. The van der Waals surface area contributed by atoms with E-state index in [4.69, 9.17) is 0 Å².